The number of aryl methyl sites for hydroxylation is 2. The number of aromatic nitrogens is 2. The van der Waals surface area contributed by atoms with E-state index in [1.54, 1.807) is 11.1 Å². The van der Waals surface area contributed by atoms with Crippen LogP contribution in [0.15, 0.2) is 12.1 Å². The summed E-state index contributed by atoms with van der Waals surface area (Å²) in [6.45, 7) is 9.81. The predicted molar refractivity (Wildman–Crippen MR) is 112 cm³/mol. The summed E-state index contributed by atoms with van der Waals surface area (Å²) < 4.78 is 0. The lowest BCUT2D eigenvalue weighted by atomic mass is 9.48. The topological polar surface area (TPSA) is 25.8 Å². The lowest BCUT2D eigenvalue weighted by molar-refractivity contribution is 0.0151. The average molecular weight is 371 g/mol. The first kappa shape index (κ1) is 16.1. The first-order valence-electron chi connectivity index (χ1n) is 11.4. The fourth-order valence-corrected chi connectivity index (χ4v) is 7.41. The number of nitrogens with zero attached hydrogens (tertiary/aromatic N) is 2. The zero-order valence-electron chi connectivity index (χ0n) is 17.6. The number of rotatable bonds is 0. The van der Waals surface area contributed by atoms with Crippen LogP contribution in [0.3, 0.4) is 0 Å². The highest BCUT2D eigenvalue weighted by Crippen LogP contribution is 2.63. The summed E-state index contributed by atoms with van der Waals surface area (Å²) in [6, 6.07) is 5.03. The molecular weight excluding hydrogens is 340 g/mol. The minimum atomic E-state index is 0.431. The molecule has 2 heteroatoms. The summed E-state index contributed by atoms with van der Waals surface area (Å²) in [5.41, 5.74) is 12.1. The van der Waals surface area contributed by atoms with Gasteiger partial charge in [-0.3, -0.25) is 9.97 Å². The van der Waals surface area contributed by atoms with Crippen LogP contribution in [0.4, 0.5) is 0 Å². The quantitative estimate of drug-likeness (QED) is 0.602. The highest BCUT2D eigenvalue weighted by atomic mass is 14.9. The second-order valence-corrected chi connectivity index (χ2v) is 11.6. The Morgan fingerprint density at radius 1 is 0.679 bits per heavy atom. The number of hydrogen-bond acceptors (Lipinski definition) is 2. The van der Waals surface area contributed by atoms with Crippen molar-refractivity contribution in [3.05, 3.63) is 45.8 Å². The maximum atomic E-state index is 5.37. The van der Waals surface area contributed by atoms with E-state index in [-0.39, 0.29) is 0 Å². The molecule has 0 aliphatic heterocycles. The van der Waals surface area contributed by atoms with Gasteiger partial charge in [0.2, 0.25) is 0 Å². The van der Waals surface area contributed by atoms with Crippen molar-refractivity contribution in [3.63, 3.8) is 0 Å². The van der Waals surface area contributed by atoms with Crippen LogP contribution in [0.25, 0.3) is 11.4 Å². The second-order valence-electron chi connectivity index (χ2n) is 11.6. The van der Waals surface area contributed by atoms with Gasteiger partial charge in [-0.2, -0.15) is 0 Å². The highest BCUT2D eigenvalue weighted by molar-refractivity contribution is 5.68. The lowest BCUT2D eigenvalue weighted by Gasteiger charge is -2.57. The Bertz CT molecular complexity index is 975. The van der Waals surface area contributed by atoms with E-state index in [1.807, 2.05) is 0 Å². The summed E-state index contributed by atoms with van der Waals surface area (Å²) in [4.78, 5) is 10.7. The molecule has 0 N–H and O–H groups in total. The molecule has 2 aromatic rings. The maximum Gasteiger partial charge on any atom is 0.0924 e. The van der Waals surface area contributed by atoms with Gasteiger partial charge in [-0.25, -0.2) is 0 Å². The van der Waals surface area contributed by atoms with Crippen molar-refractivity contribution in [1.82, 2.24) is 9.97 Å². The van der Waals surface area contributed by atoms with Gasteiger partial charge in [-0.1, -0.05) is 39.8 Å². The predicted octanol–water partition coefficient (Wildman–Crippen LogP) is 5.61. The molecular formula is C26H30N2. The molecule has 2 heterocycles. The molecule has 4 atom stereocenters. The molecule has 0 amide bonds. The van der Waals surface area contributed by atoms with Gasteiger partial charge < -0.3 is 0 Å². The molecule has 2 saturated carbocycles. The van der Waals surface area contributed by atoms with Gasteiger partial charge in [0.15, 0.2) is 0 Å². The Kier molecular flexibility index (Phi) is 2.72. The third-order valence-corrected chi connectivity index (χ3v) is 9.85. The summed E-state index contributed by atoms with van der Waals surface area (Å²) in [6.07, 6.45) is 7.44. The average Bonchev–Trinajstić information content (AvgIpc) is 2.69. The Morgan fingerprint density at radius 2 is 1.11 bits per heavy atom. The fraction of sp³-hybridized carbons (Fsp3) is 0.615. The SMILES string of the molecule is CC1(C)[C@H]2Cc3cc4c(nc3[C@@H]1C2)-c1nc2c(cc1CC4)C[C@H]1C[C@@H]2C1(C)C. The molecule has 0 spiro atoms. The van der Waals surface area contributed by atoms with Crippen molar-refractivity contribution in [2.75, 3.05) is 0 Å². The molecule has 9 rings (SSSR count). The van der Waals surface area contributed by atoms with Crippen LogP contribution in [0, 0.1) is 22.7 Å². The van der Waals surface area contributed by atoms with E-state index < -0.39 is 0 Å². The third kappa shape index (κ3) is 1.73. The van der Waals surface area contributed by atoms with Crippen molar-refractivity contribution in [1.29, 1.82) is 0 Å². The standard InChI is InChI=1S/C26H30N2/c1-25(2)17-9-15-7-13-5-6-14-8-16-10-18-12-20(26(18,3)4)22(16)28-24(14)23(13)27-21(15)19(25)11-17/h7-8,17-20H,5-6,9-12H2,1-4H3/t17-,18-,19-,20-/m0/s1. The van der Waals surface area contributed by atoms with Crippen LogP contribution >= 0.6 is 0 Å². The molecule has 2 aromatic heterocycles. The Labute approximate surface area is 168 Å². The summed E-state index contributed by atoms with van der Waals surface area (Å²) in [5, 5.41) is 0. The van der Waals surface area contributed by atoms with Gasteiger partial charge in [0.25, 0.3) is 0 Å². The third-order valence-electron chi connectivity index (χ3n) is 9.85. The monoisotopic (exact) mass is 370 g/mol. The van der Waals surface area contributed by atoms with E-state index in [2.05, 4.69) is 39.8 Å². The second kappa shape index (κ2) is 4.71. The zero-order valence-corrected chi connectivity index (χ0v) is 17.6. The molecule has 4 bridgehead atoms. The zero-order chi connectivity index (χ0) is 19.0. The van der Waals surface area contributed by atoms with E-state index in [9.17, 15) is 0 Å². The molecule has 2 nitrogen and oxygen atoms in total. The van der Waals surface area contributed by atoms with Crippen LogP contribution in [0.2, 0.25) is 0 Å². The van der Waals surface area contributed by atoms with Crippen LogP contribution in [0.1, 0.15) is 86.0 Å². The molecule has 7 aliphatic carbocycles. The Morgan fingerprint density at radius 3 is 1.50 bits per heavy atom. The van der Waals surface area contributed by atoms with Crippen LogP contribution in [-0.4, -0.2) is 9.97 Å². The fourth-order valence-electron chi connectivity index (χ4n) is 7.41. The van der Waals surface area contributed by atoms with Crippen LogP contribution in [0.5, 0.6) is 0 Å². The molecule has 144 valence electrons. The van der Waals surface area contributed by atoms with Gasteiger partial charge >= 0.3 is 0 Å². The largest absolute Gasteiger partial charge is 0.250 e. The Hall–Kier alpha value is -1.70. The normalized spacial score (nSPS) is 34.1. The first-order chi connectivity index (χ1) is 13.3. The molecule has 0 saturated heterocycles. The van der Waals surface area contributed by atoms with Crippen molar-refractivity contribution >= 4 is 0 Å². The van der Waals surface area contributed by atoms with Crippen molar-refractivity contribution in [3.8, 4) is 11.4 Å². The minimum Gasteiger partial charge on any atom is -0.250 e. The maximum absolute atomic E-state index is 5.37. The van der Waals surface area contributed by atoms with E-state index in [1.165, 1.54) is 59.6 Å². The van der Waals surface area contributed by atoms with Crippen molar-refractivity contribution in [2.24, 2.45) is 22.7 Å². The minimum absolute atomic E-state index is 0.431. The number of hydrogen-bond donors (Lipinski definition) is 0. The van der Waals surface area contributed by atoms with Gasteiger partial charge in [-0.15, -0.1) is 0 Å². The lowest BCUT2D eigenvalue weighted by Crippen LogP contribution is -2.49. The highest BCUT2D eigenvalue weighted by Gasteiger charge is 2.55. The molecule has 28 heavy (non-hydrogen) atoms. The molecule has 2 fully saturated rings. The van der Waals surface area contributed by atoms with Crippen molar-refractivity contribution < 1.29 is 0 Å². The summed E-state index contributed by atoms with van der Waals surface area (Å²) in [5.74, 6) is 3.03. The smallest absolute Gasteiger partial charge is 0.0924 e. The van der Waals surface area contributed by atoms with Crippen LogP contribution < -0.4 is 0 Å². The first-order valence-corrected chi connectivity index (χ1v) is 11.4. The Balaban J connectivity index is 1.40. The number of fused-ring (bicyclic) bond motifs is 3. The number of pyridine rings is 2. The summed E-state index contributed by atoms with van der Waals surface area (Å²) >= 11 is 0. The van der Waals surface area contributed by atoms with Gasteiger partial charge in [0.1, 0.15) is 0 Å². The molecule has 7 aliphatic rings. The van der Waals surface area contributed by atoms with Crippen LogP contribution in [-0.2, 0) is 25.7 Å². The van der Waals surface area contributed by atoms with Gasteiger partial charge in [0.05, 0.1) is 11.4 Å². The van der Waals surface area contributed by atoms with E-state index >= 15 is 0 Å². The molecule has 0 unspecified atom stereocenters. The van der Waals surface area contributed by atoms with Crippen molar-refractivity contribution in [2.45, 2.75) is 78.1 Å². The molecule has 0 radical (unpaired) electrons. The van der Waals surface area contributed by atoms with Gasteiger partial charge in [-0.05, 0) is 83.4 Å². The van der Waals surface area contributed by atoms with E-state index in [0.717, 1.165) is 24.7 Å². The molecule has 0 aromatic carbocycles. The summed E-state index contributed by atoms with van der Waals surface area (Å²) in [7, 11) is 0. The van der Waals surface area contributed by atoms with E-state index in [0.29, 0.717) is 22.7 Å². The van der Waals surface area contributed by atoms with Gasteiger partial charge in [0, 0.05) is 23.2 Å². The van der Waals surface area contributed by atoms with E-state index in [4.69, 9.17) is 9.97 Å².